The predicted octanol–water partition coefficient (Wildman–Crippen LogP) is 4.91. The summed E-state index contributed by atoms with van der Waals surface area (Å²) in [6.07, 6.45) is 5.91. The molecule has 0 spiro atoms. The van der Waals surface area contributed by atoms with Gasteiger partial charge in [-0.2, -0.15) is 4.72 Å². The van der Waals surface area contributed by atoms with Crippen LogP contribution in [0.3, 0.4) is 0 Å². The third kappa shape index (κ3) is 10.2. The van der Waals surface area contributed by atoms with E-state index in [2.05, 4.69) is 16.7 Å². The van der Waals surface area contributed by atoms with Gasteiger partial charge in [0.25, 0.3) is 0 Å². The van der Waals surface area contributed by atoms with Gasteiger partial charge in [0.2, 0.25) is 10.0 Å². The highest BCUT2D eigenvalue weighted by Crippen LogP contribution is 2.22. The van der Waals surface area contributed by atoms with Crippen LogP contribution in [-0.2, 0) is 32.6 Å². The number of unbranched alkanes of at least 4 members (excludes halogenated alkanes) is 1. The van der Waals surface area contributed by atoms with Crippen LogP contribution in [0.2, 0.25) is 0 Å². The van der Waals surface area contributed by atoms with Crippen LogP contribution < -0.4 is 9.46 Å². The first-order valence-electron chi connectivity index (χ1n) is 14.7. The van der Waals surface area contributed by atoms with Gasteiger partial charge >= 0.3 is 11.9 Å². The van der Waals surface area contributed by atoms with Crippen molar-refractivity contribution in [3.8, 4) is 5.75 Å². The molecule has 0 aromatic heterocycles. The number of carboxylic acid groups (broad SMARTS) is 1. The molecule has 1 saturated heterocycles. The lowest BCUT2D eigenvalue weighted by molar-refractivity contribution is -0.147. The maximum Gasteiger partial charge on any atom is 0.335 e. The van der Waals surface area contributed by atoms with E-state index in [-0.39, 0.29) is 23.5 Å². The van der Waals surface area contributed by atoms with E-state index in [0.29, 0.717) is 17.9 Å². The Hall–Kier alpha value is -3.73. The Bertz CT molecular complexity index is 1440. The Morgan fingerprint density at radius 3 is 2.37 bits per heavy atom. The Labute approximate surface area is 253 Å². The summed E-state index contributed by atoms with van der Waals surface area (Å²) < 4.78 is 40.2. The number of hydrogen-bond acceptors (Lipinski definition) is 7. The Morgan fingerprint density at radius 2 is 1.67 bits per heavy atom. The van der Waals surface area contributed by atoms with Crippen molar-refractivity contribution in [2.24, 2.45) is 5.92 Å². The molecule has 9 nitrogen and oxygen atoms in total. The number of sulfonamides is 1. The summed E-state index contributed by atoms with van der Waals surface area (Å²) in [5.74, 6) is -0.485. The number of nitrogens with one attached hydrogen (secondary N) is 1. The molecule has 0 saturated carbocycles. The lowest BCUT2D eigenvalue weighted by Gasteiger charge is -2.28. The van der Waals surface area contributed by atoms with Crippen LogP contribution >= 0.6 is 0 Å². The number of hydrogen-bond donors (Lipinski definition) is 2. The van der Waals surface area contributed by atoms with Gasteiger partial charge in [0, 0.05) is 0 Å². The van der Waals surface area contributed by atoms with Crippen LogP contribution in [0.1, 0.15) is 53.6 Å². The number of piperidine rings is 1. The van der Waals surface area contributed by atoms with E-state index in [1.165, 1.54) is 50.6 Å². The lowest BCUT2D eigenvalue weighted by atomic mass is 9.92. The fraction of sp³-hybridized carbons (Fsp3) is 0.394. The minimum absolute atomic E-state index is 0.0169. The number of nitrogens with zero attached hydrogens (tertiary/aromatic N) is 1. The van der Waals surface area contributed by atoms with Gasteiger partial charge in [-0.3, -0.25) is 4.79 Å². The van der Waals surface area contributed by atoms with Crippen molar-refractivity contribution in [1.29, 1.82) is 0 Å². The molecule has 43 heavy (non-hydrogen) atoms. The molecule has 1 heterocycles. The molecular formula is C33H40N2O7S. The maximum atomic E-state index is 13.2. The van der Waals surface area contributed by atoms with E-state index in [9.17, 15) is 23.1 Å². The Balaban J connectivity index is 1.36. The minimum Gasteiger partial charge on any atom is -0.494 e. The van der Waals surface area contributed by atoms with Crippen LogP contribution in [0.4, 0.5) is 0 Å². The summed E-state index contributed by atoms with van der Waals surface area (Å²) in [5.41, 5.74) is 1.29. The van der Waals surface area contributed by atoms with Crippen molar-refractivity contribution in [3.63, 3.8) is 0 Å². The van der Waals surface area contributed by atoms with Crippen molar-refractivity contribution in [3.05, 3.63) is 95.6 Å². The van der Waals surface area contributed by atoms with Crippen LogP contribution in [0.5, 0.6) is 5.75 Å². The fourth-order valence-corrected chi connectivity index (χ4v) is 6.32. The molecule has 1 fully saturated rings. The van der Waals surface area contributed by atoms with Gasteiger partial charge in [-0.25, -0.2) is 13.2 Å². The molecule has 1 aliphatic rings. The Kier molecular flexibility index (Phi) is 11.7. The van der Waals surface area contributed by atoms with E-state index < -0.39 is 28.0 Å². The zero-order chi connectivity index (χ0) is 30.7. The number of rotatable bonds is 15. The van der Waals surface area contributed by atoms with Crippen molar-refractivity contribution in [1.82, 2.24) is 9.62 Å². The molecular weight excluding hydrogens is 568 g/mol. The smallest absolute Gasteiger partial charge is 0.335 e. The van der Waals surface area contributed by atoms with E-state index in [1.807, 2.05) is 30.3 Å². The normalized spacial score (nSPS) is 15.1. The quantitative estimate of drug-likeness (QED) is 0.184. The molecule has 1 atom stereocenters. The second-order valence-corrected chi connectivity index (χ2v) is 12.8. The molecule has 3 aromatic carbocycles. The second-order valence-electron chi connectivity index (χ2n) is 11.0. The van der Waals surface area contributed by atoms with E-state index in [1.54, 1.807) is 24.3 Å². The minimum atomic E-state index is -4.24. The number of likely N-dealkylation sites (tertiary alicyclic amines) is 1. The third-order valence-electron chi connectivity index (χ3n) is 7.67. The average Bonchev–Trinajstić information content (AvgIpc) is 3.01. The number of carboxylic acids is 1. The monoisotopic (exact) mass is 608 g/mol. The number of carbonyl (C=O) groups is 2. The fourth-order valence-electron chi connectivity index (χ4n) is 5.09. The average molecular weight is 609 g/mol. The molecule has 0 radical (unpaired) electrons. The molecule has 3 aromatic rings. The maximum absolute atomic E-state index is 13.2. The lowest BCUT2D eigenvalue weighted by Crippen LogP contribution is -2.43. The van der Waals surface area contributed by atoms with Crippen molar-refractivity contribution in [2.45, 2.75) is 56.1 Å². The molecule has 4 rings (SSSR count). The van der Waals surface area contributed by atoms with Gasteiger partial charge in [0.05, 0.1) is 17.1 Å². The van der Waals surface area contributed by atoms with Crippen molar-refractivity contribution >= 4 is 22.0 Å². The SMILES string of the molecule is CN1CCC(CCCCOc2ccc(C[C@H](NS(=O)(=O)c3cccc(C(=O)O)c3)C(=O)OCc3ccccc3)cc2)CC1. The third-order valence-corrected chi connectivity index (χ3v) is 9.14. The largest absolute Gasteiger partial charge is 0.494 e. The summed E-state index contributed by atoms with van der Waals surface area (Å²) in [4.78, 5) is 26.6. The first-order valence-corrected chi connectivity index (χ1v) is 16.1. The zero-order valence-electron chi connectivity index (χ0n) is 24.5. The van der Waals surface area contributed by atoms with Gasteiger partial charge in [-0.05, 0) is 99.6 Å². The molecule has 1 aliphatic heterocycles. The van der Waals surface area contributed by atoms with E-state index in [0.717, 1.165) is 30.4 Å². The summed E-state index contributed by atoms with van der Waals surface area (Å²) >= 11 is 0. The van der Waals surface area contributed by atoms with Crippen molar-refractivity contribution in [2.75, 3.05) is 26.7 Å². The molecule has 0 aliphatic carbocycles. The summed E-state index contributed by atoms with van der Waals surface area (Å²) in [6, 6.07) is 20.0. The number of esters is 1. The van der Waals surface area contributed by atoms with Crippen LogP contribution in [0, 0.1) is 5.92 Å². The predicted molar refractivity (Wildman–Crippen MR) is 163 cm³/mol. The van der Waals surface area contributed by atoms with Crippen LogP contribution in [-0.4, -0.2) is 63.1 Å². The van der Waals surface area contributed by atoms with Gasteiger partial charge in [0.15, 0.2) is 0 Å². The van der Waals surface area contributed by atoms with Gasteiger partial charge in [-0.1, -0.05) is 55.0 Å². The standard InChI is InChI=1S/C33H40N2O7S/c1-35-19-17-25(18-20-35)8-5-6-21-41-29-15-13-26(14-16-29)22-31(33(38)42-24-27-9-3-2-4-10-27)34-43(39,40)30-12-7-11-28(23-30)32(36)37/h2-4,7,9-16,23,25,31,34H,5-6,8,17-22,24H2,1H3,(H,36,37)/t31-/m0/s1. The van der Waals surface area contributed by atoms with E-state index >= 15 is 0 Å². The summed E-state index contributed by atoms with van der Waals surface area (Å²) in [6.45, 7) is 2.96. The van der Waals surface area contributed by atoms with Gasteiger partial charge < -0.3 is 19.5 Å². The summed E-state index contributed by atoms with van der Waals surface area (Å²) in [7, 11) is -2.07. The first kappa shape index (κ1) is 32.2. The van der Waals surface area contributed by atoms with Crippen LogP contribution in [0.15, 0.2) is 83.8 Å². The molecule has 230 valence electrons. The number of carbonyl (C=O) groups excluding carboxylic acids is 1. The zero-order valence-corrected chi connectivity index (χ0v) is 25.3. The first-order chi connectivity index (χ1) is 20.7. The number of benzene rings is 3. The molecule has 0 bridgehead atoms. The number of ether oxygens (including phenoxy) is 2. The molecule has 0 unspecified atom stereocenters. The highest BCUT2D eigenvalue weighted by atomic mass is 32.2. The summed E-state index contributed by atoms with van der Waals surface area (Å²) in [5, 5.41) is 9.28. The highest BCUT2D eigenvalue weighted by Gasteiger charge is 2.28. The molecule has 10 heteroatoms. The molecule has 2 N–H and O–H groups in total. The van der Waals surface area contributed by atoms with Crippen LogP contribution in [0.25, 0.3) is 0 Å². The second kappa shape index (κ2) is 15.7. The number of aromatic carboxylic acids is 1. The topological polar surface area (TPSA) is 122 Å². The van der Waals surface area contributed by atoms with Gasteiger partial charge in [0.1, 0.15) is 18.4 Å². The molecule has 0 amide bonds. The van der Waals surface area contributed by atoms with E-state index in [4.69, 9.17) is 9.47 Å². The van der Waals surface area contributed by atoms with Gasteiger partial charge in [-0.15, -0.1) is 0 Å². The highest BCUT2D eigenvalue weighted by molar-refractivity contribution is 7.89. The van der Waals surface area contributed by atoms with Crippen molar-refractivity contribution < 1.29 is 32.6 Å². The Morgan fingerprint density at radius 1 is 0.953 bits per heavy atom.